The van der Waals surface area contributed by atoms with E-state index in [0.717, 1.165) is 25.3 Å². The molecular weight excluding hydrogens is 220 g/mol. The quantitative estimate of drug-likeness (QED) is 0.811. The van der Waals surface area contributed by atoms with E-state index in [2.05, 4.69) is 29.1 Å². The van der Waals surface area contributed by atoms with E-state index < -0.39 is 0 Å². The van der Waals surface area contributed by atoms with Crippen molar-refractivity contribution in [1.29, 1.82) is 0 Å². The first-order valence-electron chi connectivity index (χ1n) is 5.83. The highest BCUT2D eigenvalue weighted by molar-refractivity contribution is 7.09. The van der Waals surface area contributed by atoms with Crippen LogP contribution in [0, 0.1) is 0 Å². The van der Waals surface area contributed by atoms with Crippen molar-refractivity contribution in [1.82, 2.24) is 9.88 Å². The van der Waals surface area contributed by atoms with Gasteiger partial charge in [0.25, 0.3) is 0 Å². The Morgan fingerprint density at radius 2 is 2.12 bits per heavy atom. The van der Waals surface area contributed by atoms with Crippen LogP contribution < -0.4 is 0 Å². The summed E-state index contributed by atoms with van der Waals surface area (Å²) in [7, 11) is 0. The summed E-state index contributed by atoms with van der Waals surface area (Å²) in [6, 6.07) is 0. The Morgan fingerprint density at radius 3 is 2.69 bits per heavy atom. The van der Waals surface area contributed by atoms with Gasteiger partial charge in [0.2, 0.25) is 0 Å². The molecule has 3 nitrogen and oxygen atoms in total. The molecule has 1 aromatic heterocycles. The average molecular weight is 238 g/mol. The van der Waals surface area contributed by atoms with Gasteiger partial charge in [0.05, 0.1) is 10.7 Å². The van der Waals surface area contributed by atoms with Crippen LogP contribution in [0.15, 0.2) is 5.38 Å². The van der Waals surface area contributed by atoms with E-state index in [1.165, 1.54) is 5.01 Å². The maximum atomic E-state index is 11.1. The van der Waals surface area contributed by atoms with Gasteiger partial charge in [0, 0.05) is 43.8 Å². The Balaban J connectivity index is 1.91. The van der Waals surface area contributed by atoms with Crippen molar-refractivity contribution < 1.29 is 4.79 Å². The number of carbonyl (C=O) groups excluding carboxylic acids is 1. The third-order valence-corrected chi connectivity index (χ3v) is 4.06. The van der Waals surface area contributed by atoms with Crippen molar-refractivity contribution in [2.45, 2.75) is 39.2 Å². The van der Waals surface area contributed by atoms with Crippen LogP contribution in [0.1, 0.15) is 43.3 Å². The number of Topliss-reactive ketones (excluding diaryl/α,β-unsaturated/α-hetero) is 1. The molecule has 1 fully saturated rings. The molecule has 1 aromatic rings. The highest BCUT2D eigenvalue weighted by atomic mass is 32.1. The molecule has 0 N–H and O–H groups in total. The Labute approximate surface area is 100 Å². The number of thiazole rings is 1. The van der Waals surface area contributed by atoms with Gasteiger partial charge < -0.3 is 0 Å². The minimum Gasteiger partial charge on any atom is -0.300 e. The fourth-order valence-corrected chi connectivity index (χ4v) is 2.68. The number of nitrogens with zero attached hydrogens (tertiary/aromatic N) is 2. The van der Waals surface area contributed by atoms with E-state index in [1.807, 2.05) is 0 Å². The van der Waals surface area contributed by atoms with Gasteiger partial charge in [-0.2, -0.15) is 0 Å². The number of hydrogen-bond acceptors (Lipinski definition) is 4. The zero-order valence-corrected chi connectivity index (χ0v) is 10.7. The monoisotopic (exact) mass is 238 g/mol. The molecular formula is C12H18N2OS. The van der Waals surface area contributed by atoms with Crippen molar-refractivity contribution in [3.8, 4) is 0 Å². The van der Waals surface area contributed by atoms with Gasteiger partial charge in [-0.3, -0.25) is 9.69 Å². The number of ketones is 1. The highest BCUT2D eigenvalue weighted by Gasteiger charge is 2.17. The van der Waals surface area contributed by atoms with E-state index in [4.69, 9.17) is 0 Å². The maximum Gasteiger partial charge on any atom is 0.135 e. The van der Waals surface area contributed by atoms with Crippen molar-refractivity contribution in [3.05, 3.63) is 16.1 Å². The minimum absolute atomic E-state index is 0.400. The molecule has 0 bridgehead atoms. The van der Waals surface area contributed by atoms with Crippen LogP contribution in [0.5, 0.6) is 0 Å². The smallest absolute Gasteiger partial charge is 0.135 e. The van der Waals surface area contributed by atoms with Crippen LogP contribution in [0.4, 0.5) is 0 Å². The van der Waals surface area contributed by atoms with Crippen LogP contribution >= 0.6 is 11.3 Å². The zero-order chi connectivity index (χ0) is 11.5. The predicted octanol–water partition coefficient (Wildman–Crippen LogP) is 2.43. The standard InChI is InChI=1S/C12H18N2OS/c1-9(2)12-13-10(8-16-12)7-14-5-3-11(15)4-6-14/h8-9H,3-7H2,1-2H3. The van der Waals surface area contributed by atoms with Gasteiger partial charge >= 0.3 is 0 Å². The molecule has 0 amide bonds. The zero-order valence-electron chi connectivity index (χ0n) is 9.90. The molecule has 1 aliphatic heterocycles. The van der Waals surface area contributed by atoms with Crippen LogP contribution in [0.25, 0.3) is 0 Å². The van der Waals surface area contributed by atoms with Crippen LogP contribution in [0.3, 0.4) is 0 Å². The largest absolute Gasteiger partial charge is 0.300 e. The van der Waals surface area contributed by atoms with E-state index in [1.54, 1.807) is 11.3 Å². The first kappa shape index (κ1) is 11.7. The lowest BCUT2D eigenvalue weighted by Crippen LogP contribution is -2.33. The van der Waals surface area contributed by atoms with Crippen LogP contribution in [0.2, 0.25) is 0 Å². The molecule has 0 aromatic carbocycles. The molecule has 0 aliphatic carbocycles. The van der Waals surface area contributed by atoms with Gasteiger partial charge in [-0.25, -0.2) is 4.98 Å². The van der Waals surface area contributed by atoms with Gasteiger partial charge in [-0.05, 0) is 0 Å². The molecule has 0 atom stereocenters. The van der Waals surface area contributed by atoms with Gasteiger partial charge in [-0.1, -0.05) is 13.8 Å². The van der Waals surface area contributed by atoms with Crippen molar-refractivity contribution in [3.63, 3.8) is 0 Å². The number of piperidine rings is 1. The summed E-state index contributed by atoms with van der Waals surface area (Å²) in [5.74, 6) is 0.916. The molecule has 1 aliphatic rings. The molecule has 2 rings (SSSR count). The Morgan fingerprint density at radius 1 is 1.44 bits per heavy atom. The number of carbonyl (C=O) groups is 1. The molecule has 88 valence electrons. The summed E-state index contributed by atoms with van der Waals surface area (Å²) in [5.41, 5.74) is 1.16. The number of likely N-dealkylation sites (tertiary alicyclic amines) is 1. The number of aromatic nitrogens is 1. The van der Waals surface area contributed by atoms with E-state index in [9.17, 15) is 4.79 Å². The molecule has 0 unspecified atom stereocenters. The summed E-state index contributed by atoms with van der Waals surface area (Å²) in [4.78, 5) is 18.0. The third-order valence-electron chi connectivity index (χ3n) is 2.86. The van der Waals surface area contributed by atoms with Gasteiger partial charge in [-0.15, -0.1) is 11.3 Å². The molecule has 2 heterocycles. The van der Waals surface area contributed by atoms with Crippen molar-refractivity contribution in [2.75, 3.05) is 13.1 Å². The summed E-state index contributed by atoms with van der Waals surface area (Å²) >= 11 is 1.74. The van der Waals surface area contributed by atoms with Gasteiger partial charge in [0.1, 0.15) is 5.78 Å². The maximum absolute atomic E-state index is 11.1. The Hall–Kier alpha value is -0.740. The lowest BCUT2D eigenvalue weighted by Gasteiger charge is -2.24. The fraction of sp³-hybridized carbons (Fsp3) is 0.667. The van der Waals surface area contributed by atoms with Gasteiger partial charge in [0.15, 0.2) is 0 Å². The normalized spacial score (nSPS) is 18.3. The molecule has 0 spiro atoms. The summed E-state index contributed by atoms with van der Waals surface area (Å²) in [5, 5.41) is 3.36. The lowest BCUT2D eigenvalue weighted by atomic mass is 10.1. The van der Waals surface area contributed by atoms with E-state index in [-0.39, 0.29) is 0 Å². The molecule has 0 radical (unpaired) electrons. The Bertz CT molecular complexity index is 363. The van der Waals surface area contributed by atoms with Crippen LogP contribution in [-0.4, -0.2) is 28.8 Å². The topological polar surface area (TPSA) is 33.2 Å². The second-order valence-corrected chi connectivity index (χ2v) is 5.54. The fourth-order valence-electron chi connectivity index (χ4n) is 1.85. The highest BCUT2D eigenvalue weighted by Crippen LogP contribution is 2.20. The summed E-state index contributed by atoms with van der Waals surface area (Å²) in [6.07, 6.45) is 1.42. The molecule has 0 saturated carbocycles. The third kappa shape index (κ3) is 2.89. The second-order valence-electron chi connectivity index (χ2n) is 4.65. The second kappa shape index (κ2) is 5.06. The van der Waals surface area contributed by atoms with E-state index >= 15 is 0 Å². The Kier molecular flexibility index (Phi) is 3.71. The van der Waals surface area contributed by atoms with Crippen molar-refractivity contribution >= 4 is 17.1 Å². The predicted molar refractivity (Wildman–Crippen MR) is 65.7 cm³/mol. The van der Waals surface area contributed by atoms with Crippen LogP contribution in [-0.2, 0) is 11.3 Å². The summed E-state index contributed by atoms with van der Waals surface area (Å²) in [6.45, 7) is 7.03. The summed E-state index contributed by atoms with van der Waals surface area (Å²) < 4.78 is 0. The number of rotatable bonds is 3. The van der Waals surface area contributed by atoms with Crippen molar-refractivity contribution in [2.24, 2.45) is 0 Å². The molecule has 16 heavy (non-hydrogen) atoms. The molecule has 1 saturated heterocycles. The number of hydrogen-bond donors (Lipinski definition) is 0. The lowest BCUT2D eigenvalue weighted by molar-refractivity contribution is -0.121. The molecule has 4 heteroatoms. The SMILES string of the molecule is CC(C)c1nc(CN2CCC(=O)CC2)cs1. The van der Waals surface area contributed by atoms with E-state index in [0.29, 0.717) is 24.5 Å². The minimum atomic E-state index is 0.400. The average Bonchev–Trinajstić information content (AvgIpc) is 2.70. The first-order valence-corrected chi connectivity index (χ1v) is 6.71. The first-order chi connectivity index (χ1) is 7.65.